The fraction of sp³-hybridized carbons (Fsp3) is 0.261. The van der Waals surface area contributed by atoms with Gasteiger partial charge in [-0.2, -0.15) is 0 Å². The average molecular weight is 419 g/mol. The standard InChI is InChI=1S/C23H26N6O2/c1-30-17-8-10-19(11-9-17)31-18-6-4-15(5-7-18)21(24)20-22(25)27-14-28-23(20)29-16-3-2-12-26-13-16/h4-11,14,16,24,26H,2-3,12-13H2,1H3,(H3,25,27,28,29). The van der Waals surface area contributed by atoms with E-state index < -0.39 is 0 Å². The third-order valence-corrected chi connectivity index (χ3v) is 5.20. The van der Waals surface area contributed by atoms with Crippen LogP contribution < -0.4 is 25.8 Å². The second kappa shape index (κ2) is 9.44. The molecule has 0 amide bonds. The van der Waals surface area contributed by atoms with E-state index in [0.717, 1.165) is 31.7 Å². The van der Waals surface area contributed by atoms with Gasteiger partial charge in [0.15, 0.2) is 0 Å². The molecule has 8 heteroatoms. The van der Waals surface area contributed by atoms with Crippen molar-refractivity contribution < 1.29 is 9.47 Å². The molecule has 0 aliphatic carbocycles. The number of piperidine rings is 1. The molecule has 1 fully saturated rings. The molecule has 8 nitrogen and oxygen atoms in total. The van der Waals surface area contributed by atoms with Crippen molar-refractivity contribution in [3.8, 4) is 17.2 Å². The highest BCUT2D eigenvalue weighted by Crippen LogP contribution is 2.27. The zero-order valence-corrected chi connectivity index (χ0v) is 17.4. The molecule has 1 unspecified atom stereocenters. The molecule has 0 saturated carbocycles. The molecule has 2 heterocycles. The zero-order valence-electron chi connectivity index (χ0n) is 17.4. The van der Waals surface area contributed by atoms with Gasteiger partial charge in [-0.25, -0.2) is 9.97 Å². The molecule has 0 bridgehead atoms. The summed E-state index contributed by atoms with van der Waals surface area (Å²) in [5.41, 5.74) is 7.62. The van der Waals surface area contributed by atoms with Gasteiger partial charge in [-0.3, -0.25) is 5.41 Å². The van der Waals surface area contributed by atoms with Gasteiger partial charge in [0.1, 0.15) is 35.2 Å². The molecule has 1 aliphatic heterocycles. The Bertz CT molecular complexity index is 1030. The zero-order chi connectivity index (χ0) is 21.6. The summed E-state index contributed by atoms with van der Waals surface area (Å²) < 4.78 is 11.0. The first kappa shape index (κ1) is 20.6. The van der Waals surface area contributed by atoms with E-state index in [-0.39, 0.29) is 17.6 Å². The van der Waals surface area contributed by atoms with Crippen molar-refractivity contribution in [3.63, 3.8) is 0 Å². The van der Waals surface area contributed by atoms with Crippen LogP contribution in [0.5, 0.6) is 17.2 Å². The van der Waals surface area contributed by atoms with Gasteiger partial charge in [-0.05, 0) is 67.9 Å². The lowest BCUT2D eigenvalue weighted by Gasteiger charge is -2.25. The number of nitrogens with two attached hydrogens (primary N) is 1. The number of hydrogen-bond donors (Lipinski definition) is 4. The third-order valence-electron chi connectivity index (χ3n) is 5.20. The van der Waals surface area contributed by atoms with E-state index in [4.69, 9.17) is 20.6 Å². The van der Waals surface area contributed by atoms with Crippen molar-refractivity contribution in [2.24, 2.45) is 0 Å². The number of benzene rings is 2. The molecular weight excluding hydrogens is 392 g/mol. The number of ether oxygens (including phenoxy) is 2. The van der Waals surface area contributed by atoms with E-state index in [1.54, 1.807) is 7.11 Å². The second-order valence-corrected chi connectivity index (χ2v) is 7.35. The molecule has 1 aliphatic rings. The summed E-state index contributed by atoms with van der Waals surface area (Å²) in [7, 11) is 1.63. The van der Waals surface area contributed by atoms with E-state index in [1.807, 2.05) is 48.5 Å². The molecule has 5 N–H and O–H groups in total. The van der Waals surface area contributed by atoms with Crippen molar-refractivity contribution in [2.45, 2.75) is 18.9 Å². The topological polar surface area (TPSA) is 118 Å². The monoisotopic (exact) mass is 418 g/mol. The van der Waals surface area contributed by atoms with Crippen LogP contribution in [0.4, 0.5) is 11.6 Å². The maximum Gasteiger partial charge on any atom is 0.141 e. The first-order valence-electron chi connectivity index (χ1n) is 10.2. The fourth-order valence-electron chi connectivity index (χ4n) is 3.54. The summed E-state index contributed by atoms with van der Waals surface area (Å²) >= 11 is 0. The lowest BCUT2D eigenvalue weighted by molar-refractivity contribution is 0.413. The number of nitrogen functional groups attached to an aromatic ring is 1. The number of methoxy groups -OCH3 is 1. The molecule has 1 atom stereocenters. The molecule has 3 aromatic rings. The Labute approximate surface area is 181 Å². The number of nitrogens with zero attached hydrogens (tertiary/aromatic N) is 2. The Morgan fingerprint density at radius 3 is 2.39 bits per heavy atom. The Balaban J connectivity index is 1.51. The van der Waals surface area contributed by atoms with Crippen LogP contribution in [0.1, 0.15) is 24.0 Å². The number of anilines is 2. The molecule has 160 valence electrons. The van der Waals surface area contributed by atoms with Gasteiger partial charge in [0.2, 0.25) is 0 Å². The Kier molecular flexibility index (Phi) is 6.28. The van der Waals surface area contributed by atoms with Gasteiger partial charge < -0.3 is 25.8 Å². The van der Waals surface area contributed by atoms with Crippen molar-refractivity contribution in [2.75, 3.05) is 31.2 Å². The van der Waals surface area contributed by atoms with Crippen LogP contribution in [0.3, 0.4) is 0 Å². The summed E-state index contributed by atoms with van der Waals surface area (Å²) in [5, 5.41) is 15.5. The summed E-state index contributed by atoms with van der Waals surface area (Å²) in [6, 6.07) is 14.9. The van der Waals surface area contributed by atoms with Crippen molar-refractivity contribution in [3.05, 3.63) is 66.0 Å². The van der Waals surface area contributed by atoms with E-state index >= 15 is 0 Å². The van der Waals surface area contributed by atoms with E-state index in [2.05, 4.69) is 20.6 Å². The molecule has 4 rings (SSSR count). The van der Waals surface area contributed by atoms with Gasteiger partial charge in [-0.1, -0.05) is 0 Å². The second-order valence-electron chi connectivity index (χ2n) is 7.35. The van der Waals surface area contributed by atoms with Crippen LogP contribution in [0.15, 0.2) is 54.9 Å². The van der Waals surface area contributed by atoms with Crippen LogP contribution in [-0.4, -0.2) is 41.9 Å². The molecule has 31 heavy (non-hydrogen) atoms. The number of aromatic nitrogens is 2. The number of rotatable bonds is 7. The summed E-state index contributed by atoms with van der Waals surface area (Å²) in [4.78, 5) is 8.46. The van der Waals surface area contributed by atoms with Gasteiger partial charge in [0.25, 0.3) is 0 Å². The quantitative estimate of drug-likeness (QED) is 0.434. The van der Waals surface area contributed by atoms with Crippen LogP contribution in [0.25, 0.3) is 0 Å². The molecule has 0 spiro atoms. The Morgan fingerprint density at radius 2 is 1.74 bits per heavy atom. The molecule has 1 saturated heterocycles. The van der Waals surface area contributed by atoms with E-state index in [1.165, 1.54) is 6.33 Å². The third kappa shape index (κ3) is 4.92. The predicted octanol–water partition coefficient (Wildman–Crippen LogP) is 3.44. The lowest BCUT2D eigenvalue weighted by atomic mass is 10.0. The van der Waals surface area contributed by atoms with E-state index in [0.29, 0.717) is 28.4 Å². The largest absolute Gasteiger partial charge is 0.497 e. The predicted molar refractivity (Wildman–Crippen MR) is 121 cm³/mol. The first-order chi connectivity index (χ1) is 15.1. The molecular formula is C23H26N6O2. The summed E-state index contributed by atoms with van der Waals surface area (Å²) in [6.45, 7) is 1.88. The summed E-state index contributed by atoms with van der Waals surface area (Å²) in [6.07, 6.45) is 3.57. The molecule has 1 aromatic heterocycles. The van der Waals surface area contributed by atoms with Crippen LogP contribution in [0, 0.1) is 5.41 Å². The minimum Gasteiger partial charge on any atom is -0.497 e. The van der Waals surface area contributed by atoms with Crippen LogP contribution in [-0.2, 0) is 0 Å². The fourth-order valence-corrected chi connectivity index (χ4v) is 3.54. The van der Waals surface area contributed by atoms with Gasteiger partial charge >= 0.3 is 0 Å². The minimum absolute atomic E-state index is 0.245. The first-order valence-corrected chi connectivity index (χ1v) is 10.2. The lowest BCUT2D eigenvalue weighted by Crippen LogP contribution is -2.39. The maximum atomic E-state index is 8.74. The highest BCUT2D eigenvalue weighted by atomic mass is 16.5. The Morgan fingerprint density at radius 1 is 1.06 bits per heavy atom. The number of hydrogen-bond acceptors (Lipinski definition) is 8. The number of nitrogens with one attached hydrogen (secondary N) is 3. The Hall–Kier alpha value is -3.65. The van der Waals surface area contributed by atoms with Gasteiger partial charge in [0, 0.05) is 18.2 Å². The maximum absolute atomic E-state index is 8.74. The highest BCUT2D eigenvalue weighted by Gasteiger charge is 2.20. The SMILES string of the molecule is COc1ccc(Oc2ccc(C(=N)c3c(N)ncnc3NC3CCCNC3)cc2)cc1. The molecule has 2 aromatic carbocycles. The van der Waals surface area contributed by atoms with Crippen molar-refractivity contribution >= 4 is 17.3 Å². The van der Waals surface area contributed by atoms with Gasteiger partial charge in [0.05, 0.1) is 18.4 Å². The minimum atomic E-state index is 0.245. The average Bonchev–Trinajstić information content (AvgIpc) is 2.80. The van der Waals surface area contributed by atoms with Crippen molar-refractivity contribution in [1.29, 1.82) is 5.41 Å². The highest BCUT2D eigenvalue weighted by molar-refractivity contribution is 6.16. The molecule has 0 radical (unpaired) electrons. The summed E-state index contributed by atoms with van der Waals surface area (Å²) in [5.74, 6) is 3.02. The smallest absolute Gasteiger partial charge is 0.141 e. The van der Waals surface area contributed by atoms with Crippen LogP contribution in [0.2, 0.25) is 0 Å². The van der Waals surface area contributed by atoms with Gasteiger partial charge in [-0.15, -0.1) is 0 Å². The van der Waals surface area contributed by atoms with Crippen molar-refractivity contribution in [1.82, 2.24) is 15.3 Å². The van der Waals surface area contributed by atoms with Crippen LogP contribution >= 0.6 is 0 Å². The normalized spacial score (nSPS) is 15.8. The van der Waals surface area contributed by atoms with E-state index in [9.17, 15) is 0 Å².